The first kappa shape index (κ1) is 11.3. The number of aryl methyl sites for hydroxylation is 1. The van der Waals surface area contributed by atoms with Crippen LogP contribution in [-0.4, -0.2) is 20.4 Å². The van der Waals surface area contributed by atoms with Gasteiger partial charge in [0, 0.05) is 37.3 Å². The number of amides is 1. The van der Waals surface area contributed by atoms with E-state index in [0.29, 0.717) is 6.54 Å². The summed E-state index contributed by atoms with van der Waals surface area (Å²) in [7, 11) is 1.83. The lowest BCUT2D eigenvalue weighted by Gasteiger charge is -2.05. The molecule has 88 valence electrons. The fraction of sp³-hybridized carbons (Fsp3) is 0.182. The average Bonchev–Trinajstić information content (AvgIpc) is 2.72. The van der Waals surface area contributed by atoms with Crippen molar-refractivity contribution in [1.29, 1.82) is 0 Å². The van der Waals surface area contributed by atoms with Crippen LogP contribution in [0.4, 0.5) is 4.39 Å². The Morgan fingerprint density at radius 3 is 2.94 bits per heavy atom. The lowest BCUT2D eigenvalue weighted by atomic mass is 10.2. The van der Waals surface area contributed by atoms with Gasteiger partial charge in [0.25, 0.3) is 5.91 Å². The Balaban J connectivity index is 2.01. The van der Waals surface area contributed by atoms with Gasteiger partial charge in [0.1, 0.15) is 5.82 Å². The van der Waals surface area contributed by atoms with Crippen molar-refractivity contribution in [1.82, 2.24) is 19.9 Å². The summed E-state index contributed by atoms with van der Waals surface area (Å²) in [5.41, 5.74) is 0.242. The number of carbonyl (C=O) groups excluding carboxylic acids is 1. The zero-order chi connectivity index (χ0) is 12.3. The Hall–Kier alpha value is -2.24. The van der Waals surface area contributed by atoms with Crippen molar-refractivity contribution in [3.05, 3.63) is 48.1 Å². The zero-order valence-corrected chi connectivity index (χ0v) is 9.22. The van der Waals surface area contributed by atoms with E-state index in [-0.39, 0.29) is 11.5 Å². The number of pyridine rings is 1. The van der Waals surface area contributed by atoms with E-state index in [2.05, 4.69) is 15.3 Å². The number of hydrogen-bond donors (Lipinski definition) is 1. The first-order chi connectivity index (χ1) is 8.16. The molecule has 0 aliphatic rings. The largest absolute Gasteiger partial charge is 0.345 e. The molecule has 0 aliphatic carbocycles. The second kappa shape index (κ2) is 4.73. The van der Waals surface area contributed by atoms with Crippen LogP contribution < -0.4 is 5.32 Å². The number of nitrogens with zero attached hydrogens (tertiary/aromatic N) is 3. The van der Waals surface area contributed by atoms with Gasteiger partial charge in [-0.1, -0.05) is 0 Å². The number of carbonyl (C=O) groups is 1. The van der Waals surface area contributed by atoms with Gasteiger partial charge in [-0.2, -0.15) is 4.39 Å². The van der Waals surface area contributed by atoms with Crippen molar-refractivity contribution < 1.29 is 9.18 Å². The van der Waals surface area contributed by atoms with Crippen molar-refractivity contribution in [2.24, 2.45) is 7.05 Å². The molecule has 0 spiro atoms. The zero-order valence-electron chi connectivity index (χ0n) is 9.22. The topological polar surface area (TPSA) is 59.8 Å². The van der Waals surface area contributed by atoms with Crippen molar-refractivity contribution >= 4 is 5.91 Å². The molecule has 2 aromatic rings. The monoisotopic (exact) mass is 234 g/mol. The second-order valence-electron chi connectivity index (χ2n) is 3.50. The Morgan fingerprint density at radius 2 is 2.29 bits per heavy atom. The minimum absolute atomic E-state index is 0.242. The third-order valence-corrected chi connectivity index (χ3v) is 2.32. The molecule has 0 aromatic carbocycles. The number of hydrogen-bond acceptors (Lipinski definition) is 3. The van der Waals surface area contributed by atoms with Crippen molar-refractivity contribution in [3.8, 4) is 0 Å². The number of imidazole rings is 1. The highest BCUT2D eigenvalue weighted by Crippen LogP contribution is 2.01. The Morgan fingerprint density at radius 1 is 1.47 bits per heavy atom. The maximum atomic E-state index is 12.8. The van der Waals surface area contributed by atoms with Crippen molar-refractivity contribution in [2.75, 3.05) is 0 Å². The Kier molecular flexibility index (Phi) is 3.13. The predicted octanol–water partition coefficient (Wildman–Crippen LogP) is 0.884. The molecule has 0 aliphatic heterocycles. The van der Waals surface area contributed by atoms with Crippen LogP contribution in [0.5, 0.6) is 0 Å². The first-order valence-electron chi connectivity index (χ1n) is 5.03. The molecule has 0 fully saturated rings. The van der Waals surface area contributed by atoms with Gasteiger partial charge < -0.3 is 9.88 Å². The highest BCUT2D eigenvalue weighted by atomic mass is 19.1. The number of rotatable bonds is 3. The standard InChI is InChI=1S/C11H11FN4O/c1-16-5-4-14-10(16)7-15-11(17)8-2-3-13-9(12)6-8/h2-6H,7H2,1H3,(H,15,17). The maximum Gasteiger partial charge on any atom is 0.251 e. The molecule has 2 aromatic heterocycles. The average molecular weight is 234 g/mol. The molecule has 5 nitrogen and oxygen atoms in total. The van der Waals surface area contributed by atoms with Gasteiger partial charge in [0.05, 0.1) is 6.54 Å². The molecule has 2 heterocycles. The third kappa shape index (κ3) is 2.66. The van der Waals surface area contributed by atoms with Crippen molar-refractivity contribution in [2.45, 2.75) is 6.54 Å². The summed E-state index contributed by atoms with van der Waals surface area (Å²) in [5.74, 6) is -0.295. The molecule has 17 heavy (non-hydrogen) atoms. The summed E-state index contributed by atoms with van der Waals surface area (Å²) in [4.78, 5) is 19.1. The van der Waals surface area contributed by atoms with E-state index in [0.717, 1.165) is 11.9 Å². The van der Waals surface area contributed by atoms with E-state index in [9.17, 15) is 9.18 Å². The van der Waals surface area contributed by atoms with Gasteiger partial charge in [0.2, 0.25) is 5.95 Å². The van der Waals surface area contributed by atoms with Gasteiger partial charge in [-0.05, 0) is 6.07 Å². The molecular formula is C11H11FN4O. The highest BCUT2D eigenvalue weighted by Gasteiger charge is 2.07. The second-order valence-corrected chi connectivity index (χ2v) is 3.50. The summed E-state index contributed by atoms with van der Waals surface area (Å²) >= 11 is 0. The summed E-state index contributed by atoms with van der Waals surface area (Å²) < 4.78 is 14.6. The predicted molar refractivity (Wildman–Crippen MR) is 58.6 cm³/mol. The van der Waals surface area contributed by atoms with E-state index in [4.69, 9.17) is 0 Å². The fourth-order valence-corrected chi connectivity index (χ4v) is 1.37. The fourth-order valence-electron chi connectivity index (χ4n) is 1.37. The third-order valence-electron chi connectivity index (χ3n) is 2.32. The number of aromatic nitrogens is 3. The number of nitrogens with one attached hydrogen (secondary N) is 1. The molecule has 1 amide bonds. The molecule has 0 bridgehead atoms. The molecule has 2 rings (SSSR count). The molecule has 0 saturated carbocycles. The smallest absolute Gasteiger partial charge is 0.251 e. The van der Waals surface area contributed by atoms with Crippen LogP contribution in [0, 0.1) is 5.95 Å². The van der Waals surface area contributed by atoms with Crippen LogP contribution in [0.3, 0.4) is 0 Å². The van der Waals surface area contributed by atoms with Gasteiger partial charge in [-0.15, -0.1) is 0 Å². The van der Waals surface area contributed by atoms with E-state index < -0.39 is 5.95 Å². The summed E-state index contributed by atoms with van der Waals surface area (Å²) in [5, 5.41) is 2.65. The summed E-state index contributed by atoms with van der Waals surface area (Å²) in [6.07, 6.45) is 4.69. The SMILES string of the molecule is Cn1ccnc1CNC(=O)c1ccnc(F)c1. The molecule has 0 radical (unpaired) electrons. The number of halogens is 1. The molecule has 1 N–H and O–H groups in total. The highest BCUT2D eigenvalue weighted by molar-refractivity contribution is 5.93. The van der Waals surface area contributed by atoms with E-state index in [1.807, 2.05) is 7.05 Å². The Bertz CT molecular complexity index is 538. The van der Waals surface area contributed by atoms with Crippen LogP contribution in [0.2, 0.25) is 0 Å². The van der Waals surface area contributed by atoms with Crippen LogP contribution in [-0.2, 0) is 13.6 Å². The molecule has 0 unspecified atom stereocenters. The van der Waals surface area contributed by atoms with Gasteiger partial charge in [0.15, 0.2) is 0 Å². The molecule has 0 atom stereocenters. The minimum atomic E-state index is -0.672. The molecular weight excluding hydrogens is 223 g/mol. The molecule has 0 saturated heterocycles. The van der Waals surface area contributed by atoms with E-state index in [1.54, 1.807) is 17.0 Å². The normalized spacial score (nSPS) is 10.2. The van der Waals surface area contributed by atoms with Crippen LogP contribution in [0.15, 0.2) is 30.7 Å². The van der Waals surface area contributed by atoms with E-state index in [1.165, 1.54) is 12.3 Å². The lowest BCUT2D eigenvalue weighted by molar-refractivity contribution is 0.0949. The van der Waals surface area contributed by atoms with Crippen LogP contribution >= 0.6 is 0 Å². The van der Waals surface area contributed by atoms with Crippen LogP contribution in [0.25, 0.3) is 0 Å². The van der Waals surface area contributed by atoms with Gasteiger partial charge >= 0.3 is 0 Å². The minimum Gasteiger partial charge on any atom is -0.345 e. The summed E-state index contributed by atoms with van der Waals surface area (Å²) in [6.45, 7) is 0.298. The Labute approximate surface area is 97.3 Å². The van der Waals surface area contributed by atoms with Gasteiger partial charge in [-0.3, -0.25) is 4.79 Å². The van der Waals surface area contributed by atoms with Crippen LogP contribution in [0.1, 0.15) is 16.2 Å². The first-order valence-corrected chi connectivity index (χ1v) is 5.03. The van der Waals surface area contributed by atoms with Gasteiger partial charge in [-0.25, -0.2) is 9.97 Å². The molecule has 6 heteroatoms. The maximum absolute atomic E-state index is 12.8. The van der Waals surface area contributed by atoms with Crippen molar-refractivity contribution in [3.63, 3.8) is 0 Å². The summed E-state index contributed by atoms with van der Waals surface area (Å²) in [6, 6.07) is 2.55. The quantitative estimate of drug-likeness (QED) is 0.802. The van der Waals surface area contributed by atoms with E-state index >= 15 is 0 Å². The lowest BCUT2D eigenvalue weighted by Crippen LogP contribution is -2.24.